The fraction of sp³-hybridized carbons (Fsp3) is 0.125. The van der Waals surface area contributed by atoms with E-state index in [0.717, 1.165) is 27.8 Å². The minimum atomic E-state index is -0.254. The van der Waals surface area contributed by atoms with E-state index in [1.165, 1.54) is 0 Å². The molecule has 1 amide bonds. The molecule has 0 saturated heterocycles. The van der Waals surface area contributed by atoms with Crippen LogP contribution in [-0.4, -0.2) is 29.0 Å². The van der Waals surface area contributed by atoms with Crippen molar-refractivity contribution in [2.45, 2.75) is 0 Å². The van der Waals surface area contributed by atoms with Gasteiger partial charge in [0.1, 0.15) is 0 Å². The zero-order valence-electron chi connectivity index (χ0n) is 12.0. The molecule has 0 aliphatic carbocycles. The highest BCUT2D eigenvalue weighted by molar-refractivity contribution is 5.94. The van der Waals surface area contributed by atoms with Crippen LogP contribution in [0.25, 0.3) is 22.2 Å². The number of imidazole rings is 1. The summed E-state index contributed by atoms with van der Waals surface area (Å²) in [5.74, 6) is 0.0357. The first-order valence-corrected chi connectivity index (χ1v) is 7.01. The average Bonchev–Trinajstić information content (AvgIpc) is 2.96. The Kier molecular flexibility index (Phi) is 3.76. The number of nitrogen functional groups attached to an aromatic ring is 1. The van der Waals surface area contributed by atoms with Crippen molar-refractivity contribution in [2.24, 2.45) is 5.73 Å². The quantitative estimate of drug-likeness (QED) is 0.547. The first kappa shape index (κ1) is 14.1. The van der Waals surface area contributed by atoms with Crippen molar-refractivity contribution in [1.29, 1.82) is 0 Å². The number of amides is 1. The van der Waals surface area contributed by atoms with Crippen molar-refractivity contribution < 1.29 is 4.79 Å². The zero-order chi connectivity index (χ0) is 15.5. The van der Waals surface area contributed by atoms with Crippen molar-refractivity contribution in [3.05, 3.63) is 48.3 Å². The lowest BCUT2D eigenvalue weighted by Gasteiger charge is -2.02. The Morgan fingerprint density at radius 1 is 1.14 bits per heavy atom. The minimum absolute atomic E-state index is 0.254. The van der Waals surface area contributed by atoms with E-state index in [0.29, 0.717) is 13.1 Å². The Balaban J connectivity index is 1.93. The summed E-state index contributed by atoms with van der Waals surface area (Å²) in [6.07, 6.45) is 0. The summed E-state index contributed by atoms with van der Waals surface area (Å²) in [4.78, 5) is 19.2. The highest BCUT2D eigenvalue weighted by atomic mass is 16.2. The van der Waals surface area contributed by atoms with E-state index in [1.807, 2.05) is 42.5 Å². The maximum Gasteiger partial charge on any atom is 0.287 e. The molecule has 0 aliphatic heterocycles. The summed E-state index contributed by atoms with van der Waals surface area (Å²) in [5.41, 5.74) is 15.4. The molecule has 1 aromatic heterocycles. The summed E-state index contributed by atoms with van der Waals surface area (Å²) in [6, 6.07) is 13.5. The van der Waals surface area contributed by atoms with Crippen molar-refractivity contribution in [3.63, 3.8) is 0 Å². The Hall–Kier alpha value is -2.86. The number of fused-ring (bicyclic) bond motifs is 1. The van der Waals surface area contributed by atoms with E-state index < -0.39 is 0 Å². The number of carbonyl (C=O) groups is 1. The number of carbonyl (C=O) groups excluding carboxylic acids is 1. The largest absolute Gasteiger partial charge is 0.399 e. The van der Waals surface area contributed by atoms with Gasteiger partial charge in [-0.2, -0.15) is 0 Å². The smallest absolute Gasteiger partial charge is 0.287 e. The summed E-state index contributed by atoms with van der Waals surface area (Å²) < 4.78 is 0. The standard InChI is InChI=1S/C16H17N5O/c17-7-8-19-16(22)15-20-13-6-3-11(9-14(13)21-15)10-1-4-12(18)5-2-10/h1-6,9H,7-8,17-18H2,(H,19,22)(H,20,21). The lowest BCUT2D eigenvalue weighted by Crippen LogP contribution is -2.29. The molecule has 22 heavy (non-hydrogen) atoms. The van der Waals surface area contributed by atoms with Crippen LogP contribution in [-0.2, 0) is 0 Å². The second kappa shape index (κ2) is 5.87. The molecule has 0 aliphatic rings. The number of anilines is 1. The number of nitrogens with two attached hydrogens (primary N) is 2. The van der Waals surface area contributed by atoms with Gasteiger partial charge >= 0.3 is 0 Å². The van der Waals surface area contributed by atoms with Crippen LogP contribution in [0.1, 0.15) is 10.6 Å². The van der Waals surface area contributed by atoms with E-state index >= 15 is 0 Å². The van der Waals surface area contributed by atoms with Crippen LogP contribution in [0.15, 0.2) is 42.5 Å². The molecule has 0 unspecified atom stereocenters. The molecule has 1 heterocycles. The van der Waals surface area contributed by atoms with Crippen molar-refractivity contribution in [3.8, 4) is 11.1 Å². The van der Waals surface area contributed by atoms with E-state index in [-0.39, 0.29) is 11.7 Å². The van der Waals surface area contributed by atoms with Crippen LogP contribution in [0.3, 0.4) is 0 Å². The highest BCUT2D eigenvalue weighted by Gasteiger charge is 2.11. The maximum atomic E-state index is 11.9. The van der Waals surface area contributed by atoms with Crippen molar-refractivity contribution in [1.82, 2.24) is 15.3 Å². The maximum absolute atomic E-state index is 11.9. The number of hydrogen-bond donors (Lipinski definition) is 4. The van der Waals surface area contributed by atoms with E-state index in [9.17, 15) is 4.79 Å². The van der Waals surface area contributed by atoms with Gasteiger partial charge in [-0.25, -0.2) is 4.98 Å². The molecule has 0 atom stereocenters. The summed E-state index contributed by atoms with van der Waals surface area (Å²) in [7, 11) is 0. The van der Waals surface area contributed by atoms with E-state index in [1.54, 1.807) is 0 Å². The number of rotatable bonds is 4. The number of nitrogens with one attached hydrogen (secondary N) is 2. The molecular weight excluding hydrogens is 278 g/mol. The minimum Gasteiger partial charge on any atom is -0.399 e. The first-order valence-electron chi connectivity index (χ1n) is 7.01. The van der Waals surface area contributed by atoms with Crippen LogP contribution in [0, 0.1) is 0 Å². The van der Waals surface area contributed by atoms with Gasteiger partial charge in [-0.1, -0.05) is 18.2 Å². The number of benzene rings is 2. The summed E-state index contributed by atoms with van der Waals surface area (Å²) in [5, 5.41) is 2.69. The highest BCUT2D eigenvalue weighted by Crippen LogP contribution is 2.24. The summed E-state index contributed by atoms with van der Waals surface area (Å²) in [6.45, 7) is 0.819. The topological polar surface area (TPSA) is 110 Å². The van der Waals surface area contributed by atoms with Gasteiger partial charge in [0, 0.05) is 18.8 Å². The monoisotopic (exact) mass is 295 g/mol. The van der Waals surface area contributed by atoms with Gasteiger partial charge in [-0.3, -0.25) is 4.79 Å². The molecule has 112 valence electrons. The number of nitrogens with zero attached hydrogens (tertiary/aromatic N) is 1. The van der Waals surface area contributed by atoms with E-state index in [2.05, 4.69) is 15.3 Å². The second-order valence-electron chi connectivity index (χ2n) is 4.98. The number of aromatic amines is 1. The lowest BCUT2D eigenvalue weighted by molar-refractivity contribution is 0.0945. The molecular formula is C16H17N5O. The lowest BCUT2D eigenvalue weighted by atomic mass is 10.0. The Morgan fingerprint density at radius 3 is 2.59 bits per heavy atom. The fourth-order valence-electron chi connectivity index (χ4n) is 2.24. The number of aromatic nitrogens is 2. The molecule has 0 spiro atoms. The van der Waals surface area contributed by atoms with Crippen LogP contribution in [0.5, 0.6) is 0 Å². The van der Waals surface area contributed by atoms with Gasteiger partial charge in [0.05, 0.1) is 11.0 Å². The summed E-state index contributed by atoms with van der Waals surface area (Å²) >= 11 is 0. The van der Waals surface area contributed by atoms with Gasteiger partial charge in [0.2, 0.25) is 0 Å². The third-order valence-corrected chi connectivity index (χ3v) is 3.37. The Morgan fingerprint density at radius 2 is 1.86 bits per heavy atom. The molecule has 2 aromatic carbocycles. The Labute approximate surface area is 127 Å². The third-order valence-electron chi connectivity index (χ3n) is 3.37. The van der Waals surface area contributed by atoms with Gasteiger partial charge in [0.25, 0.3) is 5.91 Å². The molecule has 0 saturated carbocycles. The number of H-pyrrole nitrogens is 1. The molecule has 3 aromatic rings. The normalized spacial score (nSPS) is 10.8. The predicted octanol–water partition coefficient (Wildman–Crippen LogP) is 1.50. The molecule has 0 radical (unpaired) electrons. The molecule has 6 nitrogen and oxygen atoms in total. The predicted molar refractivity (Wildman–Crippen MR) is 87.3 cm³/mol. The van der Waals surface area contributed by atoms with Crippen molar-refractivity contribution >= 4 is 22.6 Å². The van der Waals surface area contributed by atoms with Crippen LogP contribution in [0.4, 0.5) is 5.69 Å². The molecule has 3 rings (SSSR count). The van der Waals surface area contributed by atoms with Crippen LogP contribution >= 0.6 is 0 Å². The molecule has 0 bridgehead atoms. The first-order chi connectivity index (χ1) is 10.7. The van der Waals surface area contributed by atoms with Gasteiger partial charge in [-0.15, -0.1) is 0 Å². The van der Waals surface area contributed by atoms with E-state index in [4.69, 9.17) is 11.5 Å². The molecule has 0 fully saturated rings. The van der Waals surface area contributed by atoms with Gasteiger partial charge in [-0.05, 0) is 35.4 Å². The SMILES string of the molecule is NCCNC(=O)c1nc2ccc(-c3ccc(N)cc3)cc2[nH]1. The number of hydrogen-bond acceptors (Lipinski definition) is 4. The third kappa shape index (κ3) is 2.77. The van der Waals surface area contributed by atoms with Gasteiger partial charge < -0.3 is 21.8 Å². The second-order valence-corrected chi connectivity index (χ2v) is 4.98. The van der Waals surface area contributed by atoms with Crippen LogP contribution < -0.4 is 16.8 Å². The van der Waals surface area contributed by atoms with Gasteiger partial charge in [0.15, 0.2) is 5.82 Å². The fourth-order valence-corrected chi connectivity index (χ4v) is 2.24. The molecule has 6 heteroatoms. The van der Waals surface area contributed by atoms with Crippen LogP contribution in [0.2, 0.25) is 0 Å². The van der Waals surface area contributed by atoms with Crippen molar-refractivity contribution in [2.75, 3.05) is 18.8 Å². The molecule has 6 N–H and O–H groups in total. The average molecular weight is 295 g/mol. The Bertz CT molecular complexity index is 807. The zero-order valence-corrected chi connectivity index (χ0v) is 12.0.